The van der Waals surface area contributed by atoms with Crippen molar-refractivity contribution >= 4 is 34.8 Å². The molecule has 0 heterocycles. The van der Waals surface area contributed by atoms with E-state index in [-0.39, 0.29) is 10.9 Å². The minimum Gasteiger partial charge on any atom is -0.497 e. The maximum absolute atomic E-state index is 12.2. The third kappa shape index (κ3) is 4.06. The molecule has 0 aromatic heterocycles. The standard InChI is InChI=1S/C16H15Cl2NO3/c1-10(22-14-8-4-7-13(17)15(14)18)16(20)19-11-5-3-6-12(9-11)21-2/h3-10H,1-2H3,(H,19,20). The maximum Gasteiger partial charge on any atom is 0.265 e. The number of hydrogen-bond acceptors (Lipinski definition) is 3. The first-order chi connectivity index (χ1) is 10.5. The molecular weight excluding hydrogens is 325 g/mol. The summed E-state index contributed by atoms with van der Waals surface area (Å²) >= 11 is 12.0. The number of carbonyl (C=O) groups is 1. The maximum atomic E-state index is 12.2. The van der Waals surface area contributed by atoms with Gasteiger partial charge in [-0.25, -0.2) is 0 Å². The predicted molar refractivity (Wildman–Crippen MR) is 88.2 cm³/mol. The number of methoxy groups -OCH3 is 1. The zero-order valence-corrected chi connectivity index (χ0v) is 13.6. The molecule has 0 aliphatic heterocycles. The van der Waals surface area contributed by atoms with Crippen LogP contribution in [0, 0.1) is 0 Å². The number of anilines is 1. The molecular formula is C16H15Cl2NO3. The van der Waals surface area contributed by atoms with Gasteiger partial charge in [0, 0.05) is 11.8 Å². The first-order valence-electron chi connectivity index (χ1n) is 6.57. The summed E-state index contributed by atoms with van der Waals surface area (Å²) in [6.45, 7) is 1.63. The summed E-state index contributed by atoms with van der Waals surface area (Å²) in [6, 6.07) is 12.1. The van der Waals surface area contributed by atoms with Crippen molar-refractivity contribution in [1.82, 2.24) is 0 Å². The van der Waals surface area contributed by atoms with Crippen molar-refractivity contribution in [2.24, 2.45) is 0 Å². The molecule has 1 amide bonds. The van der Waals surface area contributed by atoms with Crippen LogP contribution in [0.2, 0.25) is 10.0 Å². The first-order valence-corrected chi connectivity index (χ1v) is 7.32. The molecule has 0 fully saturated rings. The molecule has 0 saturated heterocycles. The van der Waals surface area contributed by atoms with Crippen LogP contribution in [0.25, 0.3) is 0 Å². The highest BCUT2D eigenvalue weighted by Gasteiger charge is 2.17. The van der Waals surface area contributed by atoms with Crippen molar-refractivity contribution in [3.8, 4) is 11.5 Å². The fraction of sp³-hybridized carbons (Fsp3) is 0.188. The molecule has 0 aliphatic carbocycles. The van der Waals surface area contributed by atoms with E-state index >= 15 is 0 Å². The van der Waals surface area contributed by atoms with Crippen LogP contribution >= 0.6 is 23.2 Å². The third-order valence-electron chi connectivity index (χ3n) is 2.93. The third-order valence-corrected chi connectivity index (χ3v) is 3.73. The Morgan fingerprint density at radius 2 is 1.91 bits per heavy atom. The van der Waals surface area contributed by atoms with Gasteiger partial charge in [-0.05, 0) is 31.2 Å². The van der Waals surface area contributed by atoms with Crippen molar-refractivity contribution < 1.29 is 14.3 Å². The van der Waals surface area contributed by atoms with E-state index in [4.69, 9.17) is 32.7 Å². The molecule has 2 aromatic carbocycles. The van der Waals surface area contributed by atoms with Gasteiger partial charge < -0.3 is 14.8 Å². The van der Waals surface area contributed by atoms with Crippen molar-refractivity contribution in [3.63, 3.8) is 0 Å². The van der Waals surface area contributed by atoms with E-state index in [1.54, 1.807) is 56.5 Å². The second-order valence-corrected chi connectivity index (χ2v) is 5.32. The van der Waals surface area contributed by atoms with Crippen molar-refractivity contribution in [2.75, 3.05) is 12.4 Å². The number of ether oxygens (including phenoxy) is 2. The fourth-order valence-electron chi connectivity index (χ4n) is 1.76. The predicted octanol–water partition coefficient (Wildman–Crippen LogP) is 4.41. The summed E-state index contributed by atoms with van der Waals surface area (Å²) in [5.41, 5.74) is 0.622. The van der Waals surface area contributed by atoms with E-state index in [2.05, 4.69) is 5.32 Å². The molecule has 4 nitrogen and oxygen atoms in total. The Kier molecular flexibility index (Phi) is 5.52. The average molecular weight is 340 g/mol. The zero-order valence-electron chi connectivity index (χ0n) is 12.1. The molecule has 0 saturated carbocycles. The highest BCUT2D eigenvalue weighted by atomic mass is 35.5. The monoisotopic (exact) mass is 339 g/mol. The number of halogens is 2. The fourth-order valence-corrected chi connectivity index (χ4v) is 2.10. The SMILES string of the molecule is COc1cccc(NC(=O)C(C)Oc2cccc(Cl)c2Cl)c1. The largest absolute Gasteiger partial charge is 0.497 e. The van der Waals surface area contributed by atoms with E-state index in [0.29, 0.717) is 22.2 Å². The summed E-state index contributed by atoms with van der Waals surface area (Å²) in [6.07, 6.45) is -0.734. The van der Waals surface area contributed by atoms with Crippen LogP contribution < -0.4 is 14.8 Å². The first kappa shape index (κ1) is 16.5. The second kappa shape index (κ2) is 7.38. The number of hydrogen-bond donors (Lipinski definition) is 1. The van der Waals surface area contributed by atoms with E-state index in [1.807, 2.05) is 0 Å². The van der Waals surface area contributed by atoms with Gasteiger partial charge in [0.25, 0.3) is 5.91 Å². The molecule has 0 bridgehead atoms. The number of amides is 1. The van der Waals surface area contributed by atoms with Crippen LogP contribution in [-0.2, 0) is 4.79 Å². The zero-order chi connectivity index (χ0) is 16.1. The van der Waals surface area contributed by atoms with Crippen LogP contribution in [0.15, 0.2) is 42.5 Å². The lowest BCUT2D eigenvalue weighted by Crippen LogP contribution is -2.30. The Hall–Kier alpha value is -1.91. The van der Waals surface area contributed by atoms with Crippen molar-refractivity contribution in [1.29, 1.82) is 0 Å². The Labute approximate surface area is 138 Å². The van der Waals surface area contributed by atoms with Gasteiger partial charge in [-0.3, -0.25) is 4.79 Å². The summed E-state index contributed by atoms with van der Waals surface area (Å²) in [5, 5.41) is 3.41. The number of rotatable bonds is 5. The minimum atomic E-state index is -0.734. The lowest BCUT2D eigenvalue weighted by molar-refractivity contribution is -0.122. The van der Waals surface area contributed by atoms with Gasteiger partial charge in [-0.1, -0.05) is 35.3 Å². The molecule has 2 rings (SSSR count). The second-order valence-electron chi connectivity index (χ2n) is 4.53. The number of carbonyl (C=O) groups excluding carboxylic acids is 1. The summed E-state index contributed by atoms with van der Waals surface area (Å²) in [5.74, 6) is 0.719. The van der Waals surface area contributed by atoms with Crippen molar-refractivity contribution in [2.45, 2.75) is 13.0 Å². The van der Waals surface area contributed by atoms with Gasteiger partial charge in [0.15, 0.2) is 6.10 Å². The van der Waals surface area contributed by atoms with Crippen LogP contribution in [0.4, 0.5) is 5.69 Å². The summed E-state index contributed by atoms with van der Waals surface area (Å²) in [7, 11) is 1.56. The van der Waals surface area contributed by atoms with Gasteiger partial charge in [-0.15, -0.1) is 0 Å². The molecule has 0 aliphatic rings. The van der Waals surface area contributed by atoms with Gasteiger partial charge in [-0.2, -0.15) is 0 Å². The van der Waals surface area contributed by atoms with E-state index in [0.717, 1.165) is 0 Å². The molecule has 22 heavy (non-hydrogen) atoms. The smallest absolute Gasteiger partial charge is 0.265 e. The average Bonchev–Trinajstić information content (AvgIpc) is 2.52. The molecule has 0 radical (unpaired) electrons. The Morgan fingerprint density at radius 1 is 1.18 bits per heavy atom. The number of nitrogens with one attached hydrogen (secondary N) is 1. The molecule has 1 atom stereocenters. The highest BCUT2D eigenvalue weighted by Crippen LogP contribution is 2.32. The lowest BCUT2D eigenvalue weighted by atomic mass is 10.2. The molecule has 2 aromatic rings. The van der Waals surface area contributed by atoms with Crippen LogP contribution in [-0.4, -0.2) is 19.1 Å². The Bertz CT molecular complexity index is 676. The van der Waals surface area contributed by atoms with E-state index < -0.39 is 6.10 Å². The van der Waals surface area contributed by atoms with Gasteiger partial charge >= 0.3 is 0 Å². The molecule has 0 spiro atoms. The molecule has 6 heteroatoms. The van der Waals surface area contributed by atoms with Crippen LogP contribution in [0.1, 0.15) is 6.92 Å². The normalized spacial score (nSPS) is 11.6. The summed E-state index contributed by atoms with van der Waals surface area (Å²) in [4.78, 5) is 12.2. The Balaban J connectivity index is 2.04. The molecule has 116 valence electrons. The summed E-state index contributed by atoms with van der Waals surface area (Å²) < 4.78 is 10.7. The van der Waals surface area contributed by atoms with Crippen molar-refractivity contribution in [3.05, 3.63) is 52.5 Å². The minimum absolute atomic E-state index is 0.283. The quantitative estimate of drug-likeness (QED) is 0.877. The number of benzene rings is 2. The Morgan fingerprint density at radius 3 is 2.64 bits per heavy atom. The van der Waals surface area contributed by atoms with Crippen LogP contribution in [0.5, 0.6) is 11.5 Å². The van der Waals surface area contributed by atoms with Gasteiger partial charge in [0.05, 0.1) is 12.1 Å². The van der Waals surface area contributed by atoms with Gasteiger partial charge in [0.2, 0.25) is 0 Å². The van der Waals surface area contributed by atoms with E-state index in [1.165, 1.54) is 0 Å². The van der Waals surface area contributed by atoms with Crippen LogP contribution in [0.3, 0.4) is 0 Å². The van der Waals surface area contributed by atoms with Gasteiger partial charge in [0.1, 0.15) is 16.5 Å². The topological polar surface area (TPSA) is 47.6 Å². The molecule has 1 N–H and O–H groups in total. The highest BCUT2D eigenvalue weighted by molar-refractivity contribution is 6.42. The lowest BCUT2D eigenvalue weighted by Gasteiger charge is -2.16. The molecule has 1 unspecified atom stereocenters. The van der Waals surface area contributed by atoms with E-state index in [9.17, 15) is 4.79 Å².